The van der Waals surface area contributed by atoms with E-state index >= 15 is 0 Å². The van der Waals surface area contributed by atoms with Crippen molar-refractivity contribution >= 4 is 28.9 Å². The predicted octanol–water partition coefficient (Wildman–Crippen LogP) is 4.42. The first-order valence-electron chi connectivity index (χ1n) is 7.20. The van der Waals surface area contributed by atoms with Gasteiger partial charge >= 0.3 is 0 Å². The Morgan fingerprint density at radius 2 is 2.25 bits per heavy atom. The van der Waals surface area contributed by atoms with Crippen LogP contribution in [0.15, 0.2) is 53.1 Å². The second-order valence-corrected chi connectivity index (χ2v) is 6.97. The fourth-order valence-electron chi connectivity index (χ4n) is 2.19. The third kappa shape index (κ3) is 3.53. The van der Waals surface area contributed by atoms with Gasteiger partial charge in [0.05, 0.1) is 17.0 Å². The van der Waals surface area contributed by atoms with Gasteiger partial charge in [0.1, 0.15) is 16.9 Å². The molecule has 0 atom stereocenters. The molecule has 0 N–H and O–H groups in total. The molecule has 0 fully saturated rings. The smallest absolute Gasteiger partial charge is 0.140 e. The van der Waals surface area contributed by atoms with E-state index in [1.54, 1.807) is 23.7 Å². The van der Waals surface area contributed by atoms with Crippen LogP contribution in [-0.4, -0.2) is 21.5 Å². The van der Waals surface area contributed by atoms with E-state index in [1.807, 2.05) is 35.7 Å². The molecule has 0 saturated heterocycles. The predicted molar refractivity (Wildman–Crippen MR) is 96.9 cm³/mol. The Hall–Kier alpha value is -2.49. The molecule has 0 bridgehead atoms. The molecule has 0 aromatic carbocycles. The van der Waals surface area contributed by atoms with E-state index in [0.29, 0.717) is 16.3 Å². The number of carbonyl (C=O) groups excluding carboxylic acids is 1. The molecule has 0 amide bonds. The largest absolute Gasteiger partial charge is 0.299 e. The number of carbonyl (C=O) groups is 1. The summed E-state index contributed by atoms with van der Waals surface area (Å²) < 4.78 is 0. The number of ketones is 1. The number of hydrogen-bond donors (Lipinski definition) is 0. The first kappa shape index (κ1) is 16.4. The van der Waals surface area contributed by atoms with E-state index in [-0.39, 0.29) is 5.78 Å². The third-order valence-electron chi connectivity index (χ3n) is 3.25. The van der Waals surface area contributed by atoms with Gasteiger partial charge < -0.3 is 0 Å². The first-order valence-corrected chi connectivity index (χ1v) is 9.07. The van der Waals surface area contributed by atoms with E-state index in [4.69, 9.17) is 0 Å². The number of aromatic nitrogens is 2. The standard InChI is InChI=1S/C18H13N3OS2/c1-12(22)11-24-18-15(9-19)14(17-5-3-7-23-17)8-16(21-18)13-4-2-6-20-10-13/h2-8,10H,11H2,1H3. The fraction of sp³-hybridized carbons (Fsp3) is 0.111. The summed E-state index contributed by atoms with van der Waals surface area (Å²) in [5, 5.41) is 12.2. The zero-order chi connectivity index (χ0) is 16.9. The average Bonchev–Trinajstić information content (AvgIpc) is 3.14. The number of nitriles is 1. The zero-order valence-corrected chi connectivity index (χ0v) is 14.5. The van der Waals surface area contributed by atoms with E-state index in [0.717, 1.165) is 21.7 Å². The molecule has 0 aliphatic heterocycles. The minimum absolute atomic E-state index is 0.0511. The second kappa shape index (κ2) is 7.39. The van der Waals surface area contributed by atoms with Crippen molar-refractivity contribution in [3.63, 3.8) is 0 Å². The molecule has 4 nitrogen and oxygen atoms in total. The lowest BCUT2D eigenvalue weighted by Gasteiger charge is -2.10. The van der Waals surface area contributed by atoms with Crippen LogP contribution >= 0.6 is 23.1 Å². The van der Waals surface area contributed by atoms with Crippen molar-refractivity contribution in [1.82, 2.24) is 9.97 Å². The van der Waals surface area contributed by atoms with Crippen molar-refractivity contribution in [3.05, 3.63) is 53.7 Å². The Bertz CT molecular complexity index is 900. The van der Waals surface area contributed by atoms with Gasteiger partial charge in [0, 0.05) is 28.4 Å². The number of rotatable bonds is 5. The van der Waals surface area contributed by atoms with Crippen molar-refractivity contribution in [2.45, 2.75) is 11.9 Å². The number of Topliss-reactive ketones (excluding diaryl/α,β-unsaturated/α-hetero) is 1. The van der Waals surface area contributed by atoms with Gasteiger partial charge in [0.2, 0.25) is 0 Å². The summed E-state index contributed by atoms with van der Waals surface area (Å²) in [6.07, 6.45) is 3.45. The SMILES string of the molecule is CC(=O)CSc1nc(-c2cccnc2)cc(-c2cccs2)c1C#N. The van der Waals surface area contributed by atoms with Gasteiger partial charge in [-0.05, 0) is 36.6 Å². The van der Waals surface area contributed by atoms with Gasteiger partial charge in [-0.2, -0.15) is 5.26 Å². The number of pyridine rings is 2. The lowest BCUT2D eigenvalue weighted by Crippen LogP contribution is -1.99. The average molecular weight is 351 g/mol. The van der Waals surface area contributed by atoms with Crippen molar-refractivity contribution < 1.29 is 4.79 Å². The van der Waals surface area contributed by atoms with Crippen LogP contribution in [0.25, 0.3) is 21.7 Å². The van der Waals surface area contributed by atoms with Crippen LogP contribution in [0.4, 0.5) is 0 Å². The van der Waals surface area contributed by atoms with Crippen molar-refractivity contribution in [1.29, 1.82) is 5.26 Å². The molecule has 0 spiro atoms. The number of thioether (sulfide) groups is 1. The highest BCUT2D eigenvalue weighted by molar-refractivity contribution is 8.00. The summed E-state index contributed by atoms with van der Waals surface area (Å²) in [7, 11) is 0. The van der Waals surface area contributed by atoms with Crippen LogP contribution < -0.4 is 0 Å². The molecule has 0 radical (unpaired) electrons. The van der Waals surface area contributed by atoms with Crippen LogP contribution in [0.1, 0.15) is 12.5 Å². The Morgan fingerprint density at radius 3 is 2.88 bits per heavy atom. The summed E-state index contributed by atoms with van der Waals surface area (Å²) in [5.74, 6) is 0.345. The van der Waals surface area contributed by atoms with Gasteiger partial charge in [-0.1, -0.05) is 17.8 Å². The minimum Gasteiger partial charge on any atom is -0.299 e. The highest BCUT2D eigenvalue weighted by atomic mass is 32.2. The molecule has 6 heteroatoms. The summed E-state index contributed by atoms with van der Waals surface area (Å²) in [6, 6.07) is 11.9. The highest BCUT2D eigenvalue weighted by Crippen LogP contribution is 2.35. The minimum atomic E-state index is 0.0511. The fourth-order valence-corrected chi connectivity index (χ4v) is 3.74. The maximum absolute atomic E-state index is 11.3. The Kier molecular flexibility index (Phi) is 5.04. The van der Waals surface area contributed by atoms with Crippen LogP contribution in [0.2, 0.25) is 0 Å². The van der Waals surface area contributed by atoms with E-state index in [2.05, 4.69) is 16.0 Å². The van der Waals surface area contributed by atoms with Gasteiger partial charge in [-0.25, -0.2) is 4.98 Å². The summed E-state index contributed by atoms with van der Waals surface area (Å²) in [6.45, 7) is 1.53. The summed E-state index contributed by atoms with van der Waals surface area (Å²) in [5.41, 5.74) is 2.98. The number of nitrogens with zero attached hydrogens (tertiary/aromatic N) is 3. The van der Waals surface area contributed by atoms with Gasteiger partial charge in [0.25, 0.3) is 0 Å². The van der Waals surface area contributed by atoms with E-state index in [9.17, 15) is 10.1 Å². The number of thiophene rings is 1. The third-order valence-corrected chi connectivity index (χ3v) is 5.28. The van der Waals surface area contributed by atoms with Crippen LogP contribution in [-0.2, 0) is 4.79 Å². The molecule has 118 valence electrons. The Labute approximate surface area is 148 Å². The van der Waals surface area contributed by atoms with E-state index < -0.39 is 0 Å². The normalized spacial score (nSPS) is 10.3. The molecular formula is C18H13N3OS2. The molecule has 3 rings (SSSR count). The van der Waals surface area contributed by atoms with Gasteiger partial charge in [-0.3, -0.25) is 9.78 Å². The van der Waals surface area contributed by atoms with E-state index in [1.165, 1.54) is 18.7 Å². The lowest BCUT2D eigenvalue weighted by molar-refractivity contribution is -0.114. The molecule has 24 heavy (non-hydrogen) atoms. The van der Waals surface area contributed by atoms with Crippen LogP contribution in [0, 0.1) is 11.3 Å². The second-order valence-electron chi connectivity index (χ2n) is 5.06. The summed E-state index contributed by atoms with van der Waals surface area (Å²) >= 11 is 2.87. The molecule has 0 unspecified atom stereocenters. The molecular weight excluding hydrogens is 338 g/mol. The zero-order valence-electron chi connectivity index (χ0n) is 12.9. The molecule has 3 aromatic heterocycles. The molecule has 3 heterocycles. The number of hydrogen-bond acceptors (Lipinski definition) is 6. The van der Waals surface area contributed by atoms with Crippen molar-refractivity contribution in [3.8, 4) is 27.8 Å². The highest BCUT2D eigenvalue weighted by Gasteiger charge is 2.16. The molecule has 0 saturated carbocycles. The quantitative estimate of drug-likeness (QED) is 0.636. The summed E-state index contributed by atoms with van der Waals surface area (Å²) in [4.78, 5) is 21.1. The van der Waals surface area contributed by atoms with Crippen LogP contribution in [0.3, 0.4) is 0 Å². The van der Waals surface area contributed by atoms with Crippen LogP contribution in [0.5, 0.6) is 0 Å². The lowest BCUT2D eigenvalue weighted by atomic mass is 10.1. The maximum atomic E-state index is 11.3. The van der Waals surface area contributed by atoms with Crippen molar-refractivity contribution in [2.24, 2.45) is 0 Å². The molecule has 0 aliphatic carbocycles. The van der Waals surface area contributed by atoms with Crippen molar-refractivity contribution in [2.75, 3.05) is 5.75 Å². The monoisotopic (exact) mass is 351 g/mol. The maximum Gasteiger partial charge on any atom is 0.140 e. The molecule has 3 aromatic rings. The Morgan fingerprint density at radius 1 is 1.38 bits per heavy atom. The molecule has 0 aliphatic rings. The van der Waals surface area contributed by atoms with Gasteiger partial charge in [0.15, 0.2) is 0 Å². The topological polar surface area (TPSA) is 66.6 Å². The Balaban J connectivity index is 2.18. The first-order chi connectivity index (χ1) is 11.7. The van der Waals surface area contributed by atoms with Gasteiger partial charge in [-0.15, -0.1) is 11.3 Å².